The zero-order valence-electron chi connectivity index (χ0n) is 11.8. The third-order valence-electron chi connectivity index (χ3n) is 2.93. The molecule has 0 unspecified atom stereocenters. The molecule has 0 atom stereocenters. The number of carbonyl (C=O) groups is 2. The second kappa shape index (κ2) is 7.56. The maximum absolute atomic E-state index is 11.8. The van der Waals surface area contributed by atoms with E-state index >= 15 is 0 Å². The van der Waals surface area contributed by atoms with Gasteiger partial charge in [-0.3, -0.25) is 9.59 Å². The molecule has 2 amide bonds. The van der Waals surface area contributed by atoms with Crippen LogP contribution in [0.5, 0.6) is 0 Å². The Morgan fingerprint density at radius 2 is 1.84 bits per heavy atom. The highest BCUT2D eigenvalue weighted by molar-refractivity contribution is 5.94. The summed E-state index contributed by atoms with van der Waals surface area (Å²) < 4.78 is 0. The van der Waals surface area contributed by atoms with Crippen LogP contribution in [0.15, 0.2) is 30.3 Å². The van der Waals surface area contributed by atoms with E-state index in [0.717, 1.165) is 6.42 Å². The molecule has 0 saturated carbocycles. The number of rotatable bonds is 6. The molecule has 0 bridgehead atoms. The zero-order chi connectivity index (χ0) is 14.3. The van der Waals surface area contributed by atoms with Crippen LogP contribution < -0.4 is 5.32 Å². The summed E-state index contributed by atoms with van der Waals surface area (Å²) >= 11 is 0. The molecule has 0 spiro atoms. The van der Waals surface area contributed by atoms with Crippen molar-refractivity contribution in [3.05, 3.63) is 35.9 Å². The molecule has 0 aliphatic rings. The Balaban J connectivity index is 2.31. The molecule has 1 N–H and O–H groups in total. The third-order valence-corrected chi connectivity index (χ3v) is 2.93. The average molecular weight is 262 g/mol. The number of nitrogens with one attached hydrogen (secondary N) is 1. The summed E-state index contributed by atoms with van der Waals surface area (Å²) in [7, 11) is 0. The molecular weight excluding hydrogens is 240 g/mol. The van der Waals surface area contributed by atoms with Crippen LogP contribution in [0.2, 0.25) is 0 Å². The predicted molar refractivity (Wildman–Crippen MR) is 75.9 cm³/mol. The van der Waals surface area contributed by atoms with Crippen LogP contribution in [0.25, 0.3) is 0 Å². The van der Waals surface area contributed by atoms with Gasteiger partial charge >= 0.3 is 0 Å². The summed E-state index contributed by atoms with van der Waals surface area (Å²) in [5.41, 5.74) is 0.662. The van der Waals surface area contributed by atoms with Gasteiger partial charge < -0.3 is 10.2 Å². The number of amides is 2. The van der Waals surface area contributed by atoms with Crippen molar-refractivity contribution in [3.63, 3.8) is 0 Å². The van der Waals surface area contributed by atoms with E-state index in [9.17, 15) is 9.59 Å². The van der Waals surface area contributed by atoms with E-state index in [1.807, 2.05) is 32.0 Å². The molecular formula is C15H22N2O2. The number of benzene rings is 1. The number of carbonyl (C=O) groups excluding carboxylic acids is 2. The molecule has 0 aliphatic heterocycles. The van der Waals surface area contributed by atoms with Crippen LogP contribution in [0.1, 0.15) is 37.6 Å². The first kappa shape index (κ1) is 15.2. The van der Waals surface area contributed by atoms with E-state index in [0.29, 0.717) is 18.7 Å². The topological polar surface area (TPSA) is 49.4 Å². The van der Waals surface area contributed by atoms with E-state index in [4.69, 9.17) is 0 Å². The molecule has 0 radical (unpaired) electrons. The highest BCUT2D eigenvalue weighted by Crippen LogP contribution is 2.01. The van der Waals surface area contributed by atoms with Crippen molar-refractivity contribution < 1.29 is 9.59 Å². The average Bonchev–Trinajstić information content (AvgIpc) is 2.38. The molecule has 19 heavy (non-hydrogen) atoms. The number of hydrogen-bond donors (Lipinski definition) is 1. The van der Waals surface area contributed by atoms with Crippen LogP contribution in [0.4, 0.5) is 0 Å². The van der Waals surface area contributed by atoms with Gasteiger partial charge in [0.15, 0.2) is 0 Å². The molecule has 0 aliphatic carbocycles. The van der Waals surface area contributed by atoms with Gasteiger partial charge in [0.1, 0.15) is 0 Å². The maximum atomic E-state index is 11.8. The normalized spacial score (nSPS) is 10.3. The summed E-state index contributed by atoms with van der Waals surface area (Å²) in [6, 6.07) is 9.32. The summed E-state index contributed by atoms with van der Waals surface area (Å²) in [6.45, 7) is 6.79. The van der Waals surface area contributed by atoms with Gasteiger partial charge in [0.2, 0.25) is 5.91 Å². The van der Waals surface area contributed by atoms with Gasteiger partial charge in [-0.25, -0.2) is 0 Å². The van der Waals surface area contributed by atoms with Crippen molar-refractivity contribution in [3.8, 4) is 0 Å². The number of nitrogens with zero attached hydrogens (tertiary/aromatic N) is 1. The Labute approximate surface area is 114 Å². The largest absolute Gasteiger partial charge is 0.352 e. The summed E-state index contributed by atoms with van der Waals surface area (Å²) in [4.78, 5) is 24.9. The Hall–Kier alpha value is -1.84. The monoisotopic (exact) mass is 262 g/mol. The van der Waals surface area contributed by atoms with Crippen LogP contribution in [-0.4, -0.2) is 35.8 Å². The van der Waals surface area contributed by atoms with E-state index < -0.39 is 0 Å². The first-order valence-electron chi connectivity index (χ1n) is 6.63. The van der Waals surface area contributed by atoms with Crippen molar-refractivity contribution in [1.82, 2.24) is 10.2 Å². The van der Waals surface area contributed by atoms with E-state index in [1.165, 1.54) is 0 Å². The van der Waals surface area contributed by atoms with Crippen molar-refractivity contribution in [2.24, 2.45) is 0 Å². The quantitative estimate of drug-likeness (QED) is 0.798. The van der Waals surface area contributed by atoms with Crippen molar-refractivity contribution in [2.75, 3.05) is 13.1 Å². The Morgan fingerprint density at radius 1 is 1.21 bits per heavy atom. The molecule has 0 fully saturated rings. The zero-order valence-corrected chi connectivity index (χ0v) is 11.8. The summed E-state index contributed by atoms with van der Waals surface area (Å²) in [5, 5.41) is 2.86. The Bertz CT molecular complexity index is 415. The smallest absolute Gasteiger partial charge is 0.251 e. The molecule has 4 nitrogen and oxygen atoms in total. The second-order valence-electron chi connectivity index (χ2n) is 4.78. The van der Waals surface area contributed by atoms with E-state index in [1.54, 1.807) is 24.0 Å². The lowest BCUT2D eigenvalue weighted by atomic mass is 10.2. The van der Waals surface area contributed by atoms with Crippen LogP contribution >= 0.6 is 0 Å². The fraction of sp³-hybridized carbons (Fsp3) is 0.467. The van der Waals surface area contributed by atoms with Crippen LogP contribution in [0, 0.1) is 0 Å². The predicted octanol–water partition coefficient (Wildman–Crippen LogP) is 2.06. The van der Waals surface area contributed by atoms with Gasteiger partial charge in [-0.05, 0) is 32.4 Å². The molecule has 1 rings (SSSR count). The van der Waals surface area contributed by atoms with E-state index in [-0.39, 0.29) is 17.9 Å². The van der Waals surface area contributed by atoms with Crippen LogP contribution in [-0.2, 0) is 4.79 Å². The molecule has 0 saturated heterocycles. The van der Waals surface area contributed by atoms with Crippen molar-refractivity contribution >= 4 is 11.8 Å². The van der Waals surface area contributed by atoms with Gasteiger partial charge in [0.05, 0.1) is 0 Å². The standard InChI is InChI=1S/C15H22N2O2/c1-12(2)17(13(3)18)11-7-10-16-15(19)14-8-5-4-6-9-14/h4-6,8-9,12H,7,10-11H2,1-3H3,(H,16,19). The SMILES string of the molecule is CC(=O)N(CCCNC(=O)c1ccccc1)C(C)C. The molecule has 4 heteroatoms. The molecule has 0 heterocycles. The first-order valence-corrected chi connectivity index (χ1v) is 6.63. The molecule has 1 aromatic rings. The molecule has 104 valence electrons. The van der Waals surface area contributed by atoms with Crippen molar-refractivity contribution in [2.45, 2.75) is 33.2 Å². The minimum absolute atomic E-state index is 0.0699. The van der Waals surface area contributed by atoms with Crippen molar-refractivity contribution in [1.29, 1.82) is 0 Å². The van der Waals surface area contributed by atoms with Gasteiger partial charge in [0, 0.05) is 31.6 Å². The third kappa shape index (κ3) is 5.12. The minimum atomic E-state index is -0.0699. The van der Waals surface area contributed by atoms with Gasteiger partial charge in [-0.1, -0.05) is 18.2 Å². The van der Waals surface area contributed by atoms with Gasteiger partial charge in [0.25, 0.3) is 5.91 Å². The van der Waals surface area contributed by atoms with Gasteiger partial charge in [-0.2, -0.15) is 0 Å². The Morgan fingerprint density at radius 3 is 2.37 bits per heavy atom. The van der Waals surface area contributed by atoms with E-state index in [2.05, 4.69) is 5.32 Å². The fourth-order valence-electron chi connectivity index (χ4n) is 1.92. The first-order chi connectivity index (χ1) is 9.02. The van der Waals surface area contributed by atoms with Gasteiger partial charge in [-0.15, -0.1) is 0 Å². The summed E-state index contributed by atoms with van der Waals surface area (Å²) in [6.07, 6.45) is 0.760. The number of hydrogen-bond acceptors (Lipinski definition) is 2. The fourth-order valence-corrected chi connectivity index (χ4v) is 1.92. The molecule has 1 aromatic carbocycles. The minimum Gasteiger partial charge on any atom is -0.352 e. The lowest BCUT2D eigenvalue weighted by Crippen LogP contribution is -2.37. The lowest BCUT2D eigenvalue weighted by molar-refractivity contribution is -0.130. The highest BCUT2D eigenvalue weighted by Gasteiger charge is 2.11. The Kier molecular flexibility index (Phi) is 6.06. The van der Waals surface area contributed by atoms with Crippen LogP contribution in [0.3, 0.4) is 0 Å². The maximum Gasteiger partial charge on any atom is 0.251 e. The summed E-state index contributed by atoms with van der Waals surface area (Å²) in [5.74, 6) is 0.00362. The highest BCUT2D eigenvalue weighted by atomic mass is 16.2. The lowest BCUT2D eigenvalue weighted by Gasteiger charge is -2.25. The molecule has 0 aromatic heterocycles. The second-order valence-corrected chi connectivity index (χ2v) is 4.78.